The maximum absolute atomic E-state index is 12.6. The highest BCUT2D eigenvalue weighted by atomic mass is 16.3. The molecular weight excluding hydrogens is 322 g/mol. The van der Waals surface area contributed by atoms with Crippen LogP contribution in [-0.4, -0.2) is 52.2 Å². The number of likely N-dealkylation sites (tertiary alicyclic amines) is 1. The van der Waals surface area contributed by atoms with E-state index in [0.717, 1.165) is 0 Å². The van der Waals surface area contributed by atoms with E-state index < -0.39 is 5.54 Å². The molecule has 0 spiro atoms. The molecule has 8 heteroatoms. The van der Waals surface area contributed by atoms with Crippen LogP contribution in [0.1, 0.15) is 29.0 Å². The molecule has 0 aliphatic carbocycles. The quantitative estimate of drug-likeness (QED) is 0.867. The minimum absolute atomic E-state index is 0.0606. The standard InChI is InChI=1S/C17H23N5O3/c1-12-13(5-11-25-12)15(23)22-9-6-17(7-10-22,16(24)18-2)19-14-4-8-21(3)20-14/h4-5,8,11H,6-7,9-10H2,1-3H3,(H,18,24)(H,19,20). The number of piperidine rings is 1. The molecule has 3 rings (SSSR count). The van der Waals surface area contributed by atoms with Gasteiger partial charge >= 0.3 is 0 Å². The highest BCUT2D eigenvalue weighted by molar-refractivity contribution is 5.95. The van der Waals surface area contributed by atoms with Gasteiger partial charge in [-0.05, 0) is 25.8 Å². The summed E-state index contributed by atoms with van der Waals surface area (Å²) >= 11 is 0. The molecule has 134 valence electrons. The van der Waals surface area contributed by atoms with Crippen molar-refractivity contribution < 1.29 is 14.0 Å². The Hall–Kier alpha value is -2.77. The van der Waals surface area contributed by atoms with Gasteiger partial charge in [0.15, 0.2) is 0 Å². The molecule has 0 atom stereocenters. The molecule has 0 radical (unpaired) electrons. The molecule has 2 amide bonds. The Morgan fingerprint density at radius 1 is 1.28 bits per heavy atom. The first-order valence-electron chi connectivity index (χ1n) is 8.28. The lowest BCUT2D eigenvalue weighted by Crippen LogP contribution is -2.58. The number of nitrogens with one attached hydrogen (secondary N) is 2. The molecule has 25 heavy (non-hydrogen) atoms. The molecule has 1 fully saturated rings. The zero-order valence-corrected chi connectivity index (χ0v) is 14.7. The Morgan fingerprint density at radius 3 is 2.52 bits per heavy atom. The molecular formula is C17H23N5O3. The number of amides is 2. The molecule has 1 aliphatic rings. The third kappa shape index (κ3) is 3.24. The van der Waals surface area contributed by atoms with E-state index in [1.54, 1.807) is 29.6 Å². The summed E-state index contributed by atoms with van der Waals surface area (Å²) in [4.78, 5) is 26.9. The third-order valence-electron chi connectivity index (χ3n) is 4.74. The van der Waals surface area contributed by atoms with Crippen LogP contribution in [-0.2, 0) is 11.8 Å². The monoisotopic (exact) mass is 345 g/mol. The molecule has 0 aromatic carbocycles. The third-order valence-corrected chi connectivity index (χ3v) is 4.74. The van der Waals surface area contributed by atoms with Gasteiger partial charge in [-0.15, -0.1) is 0 Å². The van der Waals surface area contributed by atoms with Crippen molar-refractivity contribution in [1.29, 1.82) is 0 Å². The topological polar surface area (TPSA) is 92.4 Å². The molecule has 3 heterocycles. The van der Waals surface area contributed by atoms with Gasteiger partial charge in [0.2, 0.25) is 5.91 Å². The van der Waals surface area contributed by atoms with E-state index in [4.69, 9.17) is 4.42 Å². The van der Waals surface area contributed by atoms with Crippen LogP contribution in [0.25, 0.3) is 0 Å². The summed E-state index contributed by atoms with van der Waals surface area (Å²) in [5.74, 6) is 1.11. The Morgan fingerprint density at radius 2 is 2.00 bits per heavy atom. The first-order chi connectivity index (χ1) is 11.9. The highest BCUT2D eigenvalue weighted by Crippen LogP contribution is 2.28. The van der Waals surface area contributed by atoms with Gasteiger partial charge in [-0.1, -0.05) is 0 Å². The number of carbonyl (C=O) groups excluding carboxylic acids is 2. The average Bonchev–Trinajstić information content (AvgIpc) is 3.22. The maximum Gasteiger partial charge on any atom is 0.257 e. The van der Waals surface area contributed by atoms with Gasteiger partial charge in [0.25, 0.3) is 5.91 Å². The zero-order valence-electron chi connectivity index (χ0n) is 14.7. The van der Waals surface area contributed by atoms with Crippen LogP contribution in [0.15, 0.2) is 29.0 Å². The van der Waals surface area contributed by atoms with Crippen LogP contribution in [0.5, 0.6) is 0 Å². The van der Waals surface area contributed by atoms with Crippen molar-refractivity contribution in [3.8, 4) is 0 Å². The summed E-state index contributed by atoms with van der Waals surface area (Å²) in [7, 11) is 3.45. The van der Waals surface area contributed by atoms with Crippen molar-refractivity contribution in [3.63, 3.8) is 0 Å². The van der Waals surface area contributed by atoms with E-state index in [0.29, 0.717) is 43.1 Å². The minimum atomic E-state index is -0.772. The second-order valence-electron chi connectivity index (χ2n) is 6.34. The van der Waals surface area contributed by atoms with E-state index in [1.165, 1.54) is 6.26 Å². The number of hydrogen-bond donors (Lipinski definition) is 2. The van der Waals surface area contributed by atoms with Gasteiger partial charge in [0.1, 0.15) is 17.1 Å². The number of aryl methyl sites for hydroxylation is 2. The van der Waals surface area contributed by atoms with Crippen molar-refractivity contribution in [2.45, 2.75) is 25.3 Å². The predicted octanol–water partition coefficient (Wildman–Crippen LogP) is 1.15. The van der Waals surface area contributed by atoms with Gasteiger partial charge in [-0.25, -0.2) is 0 Å². The maximum atomic E-state index is 12.6. The fraction of sp³-hybridized carbons (Fsp3) is 0.471. The molecule has 2 N–H and O–H groups in total. The number of furan rings is 1. The van der Waals surface area contributed by atoms with Crippen molar-refractivity contribution in [1.82, 2.24) is 20.0 Å². The molecule has 0 bridgehead atoms. The molecule has 0 unspecified atom stereocenters. The molecule has 1 saturated heterocycles. The van der Waals surface area contributed by atoms with Gasteiger partial charge in [-0.3, -0.25) is 14.3 Å². The first kappa shape index (κ1) is 17.1. The van der Waals surface area contributed by atoms with Gasteiger partial charge in [0, 0.05) is 39.4 Å². The summed E-state index contributed by atoms with van der Waals surface area (Å²) in [5.41, 5.74) is -0.198. The van der Waals surface area contributed by atoms with E-state index >= 15 is 0 Å². The normalized spacial score (nSPS) is 16.5. The van der Waals surface area contributed by atoms with E-state index in [1.807, 2.05) is 19.3 Å². The lowest BCUT2D eigenvalue weighted by Gasteiger charge is -2.40. The van der Waals surface area contributed by atoms with Crippen LogP contribution >= 0.6 is 0 Å². The van der Waals surface area contributed by atoms with Gasteiger partial charge < -0.3 is 20.0 Å². The summed E-state index contributed by atoms with van der Waals surface area (Å²) in [6.45, 7) is 2.74. The number of rotatable bonds is 4. The minimum Gasteiger partial charge on any atom is -0.469 e. The lowest BCUT2D eigenvalue weighted by atomic mass is 9.86. The van der Waals surface area contributed by atoms with Crippen molar-refractivity contribution in [2.75, 3.05) is 25.5 Å². The second-order valence-corrected chi connectivity index (χ2v) is 6.34. The van der Waals surface area contributed by atoms with Gasteiger partial charge in [-0.2, -0.15) is 5.10 Å². The van der Waals surface area contributed by atoms with Gasteiger partial charge in [0.05, 0.1) is 11.8 Å². The first-order valence-corrected chi connectivity index (χ1v) is 8.28. The molecule has 2 aromatic heterocycles. The Kier molecular flexibility index (Phi) is 4.52. The molecule has 2 aromatic rings. The van der Waals surface area contributed by atoms with Crippen LogP contribution in [0.2, 0.25) is 0 Å². The van der Waals surface area contributed by atoms with Crippen LogP contribution in [0.3, 0.4) is 0 Å². The second kappa shape index (κ2) is 6.62. The fourth-order valence-electron chi connectivity index (χ4n) is 3.24. The number of carbonyl (C=O) groups is 2. The Balaban J connectivity index is 1.74. The number of hydrogen-bond acceptors (Lipinski definition) is 5. The fourth-order valence-corrected chi connectivity index (χ4v) is 3.24. The number of aromatic nitrogens is 2. The van der Waals surface area contributed by atoms with Crippen molar-refractivity contribution >= 4 is 17.6 Å². The molecule has 8 nitrogen and oxygen atoms in total. The van der Waals surface area contributed by atoms with Crippen LogP contribution in [0.4, 0.5) is 5.82 Å². The average molecular weight is 345 g/mol. The summed E-state index contributed by atoms with van der Waals surface area (Å²) in [6.07, 6.45) is 4.35. The predicted molar refractivity (Wildman–Crippen MR) is 92.2 cm³/mol. The molecule has 1 aliphatic heterocycles. The Labute approximate surface area is 146 Å². The summed E-state index contributed by atoms with van der Waals surface area (Å²) < 4.78 is 6.90. The number of nitrogens with zero attached hydrogens (tertiary/aromatic N) is 3. The van der Waals surface area contributed by atoms with E-state index in [9.17, 15) is 9.59 Å². The summed E-state index contributed by atoms with van der Waals surface area (Å²) in [6, 6.07) is 3.52. The zero-order chi connectivity index (χ0) is 18.0. The van der Waals surface area contributed by atoms with Crippen LogP contribution < -0.4 is 10.6 Å². The molecule has 0 saturated carbocycles. The van der Waals surface area contributed by atoms with Crippen molar-refractivity contribution in [3.05, 3.63) is 35.9 Å². The lowest BCUT2D eigenvalue weighted by molar-refractivity contribution is -0.126. The van der Waals surface area contributed by atoms with Crippen molar-refractivity contribution in [2.24, 2.45) is 7.05 Å². The summed E-state index contributed by atoms with van der Waals surface area (Å²) in [5, 5.41) is 10.3. The Bertz CT molecular complexity index is 771. The number of anilines is 1. The van der Waals surface area contributed by atoms with E-state index in [2.05, 4.69) is 15.7 Å². The largest absolute Gasteiger partial charge is 0.469 e. The smallest absolute Gasteiger partial charge is 0.257 e. The highest BCUT2D eigenvalue weighted by Gasteiger charge is 2.42. The van der Waals surface area contributed by atoms with Crippen LogP contribution in [0, 0.1) is 6.92 Å². The number of likely N-dealkylation sites (N-methyl/N-ethyl adjacent to an activating group) is 1. The van der Waals surface area contributed by atoms with E-state index in [-0.39, 0.29) is 11.8 Å². The SMILES string of the molecule is CNC(=O)C1(Nc2ccn(C)n2)CCN(C(=O)c2ccoc2C)CC1.